The smallest absolute Gasteiger partial charge is 0.540 e. The number of carbonyl (C=O) groups excluding carboxylic acids is 1. The fourth-order valence-corrected chi connectivity index (χ4v) is 4.47. The summed E-state index contributed by atoms with van der Waals surface area (Å²) in [4.78, 5) is 12.1. The first-order valence-corrected chi connectivity index (χ1v) is 13.4. The number of aliphatic hydroxyl groups is 2. The first kappa shape index (κ1) is 35.4. The van der Waals surface area contributed by atoms with E-state index in [9.17, 15) is 15.0 Å². The maximum Gasteiger partial charge on any atom is 2.00 e. The molecule has 5 nitrogen and oxygen atoms in total. The summed E-state index contributed by atoms with van der Waals surface area (Å²) in [6, 6.07) is 18.5. The summed E-state index contributed by atoms with van der Waals surface area (Å²) in [6.45, 7) is 17.4. The van der Waals surface area contributed by atoms with Gasteiger partial charge in [0.2, 0.25) is 0 Å². The molecular formula is C34H45NO4Pt. The van der Waals surface area contributed by atoms with Crippen molar-refractivity contribution in [3.8, 4) is 28.3 Å². The summed E-state index contributed by atoms with van der Waals surface area (Å²) >= 11 is 0. The van der Waals surface area contributed by atoms with Crippen LogP contribution in [-0.2, 0) is 39.5 Å². The Morgan fingerprint density at radius 1 is 1.00 bits per heavy atom. The van der Waals surface area contributed by atoms with E-state index in [-0.39, 0.29) is 44.6 Å². The zero-order chi connectivity index (χ0) is 29.7. The van der Waals surface area contributed by atoms with Crippen LogP contribution in [0, 0.1) is 36.8 Å². The van der Waals surface area contributed by atoms with Crippen LogP contribution in [0.2, 0.25) is 0 Å². The summed E-state index contributed by atoms with van der Waals surface area (Å²) in [5, 5.41) is 19.7. The van der Waals surface area contributed by atoms with Gasteiger partial charge in [-0.3, -0.25) is 4.79 Å². The zero-order valence-corrected chi connectivity index (χ0v) is 28.1. The van der Waals surface area contributed by atoms with Crippen LogP contribution in [0.5, 0.6) is 5.75 Å². The Morgan fingerprint density at radius 2 is 1.57 bits per heavy atom. The van der Waals surface area contributed by atoms with Crippen LogP contribution in [0.3, 0.4) is 0 Å². The Hall–Kier alpha value is -2.62. The monoisotopic (exact) mass is 726 g/mol. The molecule has 0 saturated heterocycles. The van der Waals surface area contributed by atoms with Gasteiger partial charge in [0.05, 0.1) is 7.11 Å². The number of nitrogens with zero attached hydrogens (tertiary/aromatic N) is 1. The molecule has 0 unspecified atom stereocenters. The van der Waals surface area contributed by atoms with Gasteiger partial charge in [0.15, 0.2) is 5.78 Å². The summed E-state index contributed by atoms with van der Waals surface area (Å²) < 4.78 is 7.33. The van der Waals surface area contributed by atoms with E-state index in [1.54, 1.807) is 13.2 Å². The van der Waals surface area contributed by atoms with Crippen molar-refractivity contribution in [1.29, 1.82) is 0 Å². The quantitative estimate of drug-likeness (QED) is 0.154. The van der Waals surface area contributed by atoms with Gasteiger partial charge < -0.3 is 19.5 Å². The first-order chi connectivity index (χ1) is 18.1. The van der Waals surface area contributed by atoms with Crippen molar-refractivity contribution in [2.24, 2.45) is 17.9 Å². The maximum atomic E-state index is 12.1. The Bertz CT molecular complexity index is 1320. The number of ether oxygens (including phenoxy) is 1. The van der Waals surface area contributed by atoms with Crippen molar-refractivity contribution in [3.63, 3.8) is 0 Å². The van der Waals surface area contributed by atoms with E-state index in [1.807, 2.05) is 67.6 Å². The van der Waals surface area contributed by atoms with E-state index in [1.165, 1.54) is 16.7 Å². The third-order valence-corrected chi connectivity index (χ3v) is 6.72. The average molecular weight is 727 g/mol. The standard InChI is InChI=1S/C21H21NO2.C13H24O2.Pt/c1-14-6-5-7-15(2)21(14)20-11-10-19(22(20)3)18-9-8-17(24-4)12-16(18)13-23;1-8-9(10(14)12(2,3)4)11(15)13(5,6)7;/h5-8,11-12,23H,13H2,1-4H3;14H,8H2,1-7H3;/q-2;;+2/b;10-9-;. The molecule has 3 rings (SSSR count). The molecule has 2 aromatic carbocycles. The predicted molar refractivity (Wildman–Crippen MR) is 160 cm³/mol. The number of hydrogen-bond donors (Lipinski definition) is 2. The molecule has 6 heteroatoms. The van der Waals surface area contributed by atoms with E-state index < -0.39 is 5.41 Å². The molecule has 0 atom stereocenters. The van der Waals surface area contributed by atoms with Crippen LogP contribution in [0.1, 0.15) is 71.6 Å². The average Bonchev–Trinajstić information content (AvgIpc) is 3.23. The number of methoxy groups -OCH3 is 1. The summed E-state index contributed by atoms with van der Waals surface area (Å²) in [6.07, 6.45) is 0.583. The maximum absolute atomic E-state index is 12.1. The number of carbonyl (C=O) groups is 1. The summed E-state index contributed by atoms with van der Waals surface area (Å²) in [5.74, 6) is 0.953. The molecule has 0 bridgehead atoms. The topological polar surface area (TPSA) is 71.7 Å². The number of aromatic nitrogens is 1. The van der Waals surface area contributed by atoms with Gasteiger partial charge in [-0.05, 0) is 27.3 Å². The Kier molecular flexibility index (Phi) is 12.7. The molecule has 220 valence electrons. The molecule has 0 spiro atoms. The second kappa shape index (κ2) is 14.3. The Balaban J connectivity index is 0.000000437. The molecule has 0 aliphatic rings. The van der Waals surface area contributed by atoms with Gasteiger partial charge in [-0.15, -0.1) is 12.1 Å². The molecule has 0 amide bonds. The van der Waals surface area contributed by atoms with Gasteiger partial charge in [-0.2, -0.15) is 17.3 Å². The molecule has 1 heterocycles. The number of benzene rings is 2. The summed E-state index contributed by atoms with van der Waals surface area (Å²) in [7, 11) is 3.63. The van der Waals surface area contributed by atoms with E-state index in [0.717, 1.165) is 22.5 Å². The molecule has 0 saturated carbocycles. The van der Waals surface area contributed by atoms with Crippen LogP contribution >= 0.6 is 0 Å². The van der Waals surface area contributed by atoms with Gasteiger partial charge in [0.25, 0.3) is 0 Å². The molecule has 0 fully saturated rings. The van der Waals surface area contributed by atoms with E-state index >= 15 is 0 Å². The van der Waals surface area contributed by atoms with E-state index in [4.69, 9.17) is 4.74 Å². The normalized spacial score (nSPS) is 12.1. The number of aryl methyl sites for hydroxylation is 2. The Morgan fingerprint density at radius 3 is 2.02 bits per heavy atom. The number of rotatable bonds is 6. The van der Waals surface area contributed by atoms with Gasteiger partial charge in [-0.25, -0.2) is 17.7 Å². The second-order valence-corrected chi connectivity index (χ2v) is 12.0. The van der Waals surface area contributed by atoms with Crippen molar-refractivity contribution in [1.82, 2.24) is 4.57 Å². The molecule has 2 N–H and O–H groups in total. The minimum absolute atomic E-state index is 0. The minimum Gasteiger partial charge on any atom is -0.540 e. The third-order valence-electron chi connectivity index (χ3n) is 6.72. The van der Waals surface area contributed by atoms with Gasteiger partial charge in [0, 0.05) is 28.8 Å². The van der Waals surface area contributed by atoms with E-state index in [0.29, 0.717) is 17.7 Å². The third kappa shape index (κ3) is 8.21. The molecular weight excluding hydrogens is 681 g/mol. The fraction of sp³-hybridized carbons (Fsp3) is 0.441. The second-order valence-electron chi connectivity index (χ2n) is 12.0. The van der Waals surface area contributed by atoms with Crippen molar-refractivity contribution in [2.45, 2.75) is 75.3 Å². The number of aliphatic hydroxyl groups excluding tert-OH is 2. The number of ketones is 1. The van der Waals surface area contributed by atoms with Gasteiger partial charge in [0.1, 0.15) is 5.76 Å². The van der Waals surface area contributed by atoms with Crippen LogP contribution < -0.4 is 4.74 Å². The zero-order valence-electron chi connectivity index (χ0n) is 25.9. The SMILES string of the molecule is CC/C(C(=O)C(C)(C)C)=C(/O)C(C)(C)C.COc1c[c-]c(-c2[c-]cc(-c3c(C)cccc3C)n2C)c(CO)c1.[Pt+2]. The number of Topliss-reactive ketones (excluding diaryl/α,β-unsaturated/α-hetero) is 1. The van der Waals surface area contributed by atoms with Crippen LogP contribution in [0.15, 0.2) is 47.7 Å². The number of allylic oxidation sites excluding steroid dienone is 2. The largest absolute Gasteiger partial charge is 2.00 e. The van der Waals surface area contributed by atoms with Crippen molar-refractivity contribution in [3.05, 3.63) is 76.6 Å². The molecule has 0 radical (unpaired) electrons. The summed E-state index contributed by atoms with van der Waals surface area (Å²) in [5.41, 5.74) is 7.11. The predicted octanol–water partition coefficient (Wildman–Crippen LogP) is 7.94. The molecule has 1 aromatic heterocycles. The molecule has 40 heavy (non-hydrogen) atoms. The Labute approximate surface area is 255 Å². The van der Waals surface area contributed by atoms with Crippen LogP contribution in [0.25, 0.3) is 22.5 Å². The van der Waals surface area contributed by atoms with Crippen molar-refractivity contribution in [2.75, 3.05) is 7.11 Å². The fourth-order valence-electron chi connectivity index (χ4n) is 4.47. The van der Waals surface area contributed by atoms with Gasteiger partial charge >= 0.3 is 21.1 Å². The van der Waals surface area contributed by atoms with E-state index in [2.05, 4.69) is 48.7 Å². The molecule has 3 aromatic rings. The molecule has 0 aliphatic carbocycles. The van der Waals surface area contributed by atoms with Gasteiger partial charge in [-0.1, -0.05) is 89.0 Å². The number of hydrogen-bond acceptors (Lipinski definition) is 4. The minimum atomic E-state index is -0.426. The molecule has 0 aliphatic heterocycles. The van der Waals surface area contributed by atoms with Crippen LogP contribution in [-0.4, -0.2) is 27.7 Å². The first-order valence-electron chi connectivity index (χ1n) is 13.4. The van der Waals surface area contributed by atoms with Crippen molar-refractivity contribution >= 4 is 5.78 Å². The van der Waals surface area contributed by atoms with Crippen molar-refractivity contribution < 1.29 is 40.8 Å². The van der Waals surface area contributed by atoms with Crippen LogP contribution in [0.4, 0.5) is 0 Å².